The molecule has 0 aromatic heterocycles. The number of benzene rings is 1. The fourth-order valence-electron chi connectivity index (χ4n) is 2.87. The van der Waals surface area contributed by atoms with E-state index in [4.69, 9.17) is 5.11 Å². The van der Waals surface area contributed by atoms with Crippen LogP contribution in [0.4, 0.5) is 0 Å². The molecule has 126 valence electrons. The lowest BCUT2D eigenvalue weighted by Gasteiger charge is -2.31. The second-order valence-electron chi connectivity index (χ2n) is 5.88. The Morgan fingerprint density at radius 3 is 2.61 bits per heavy atom. The van der Waals surface area contributed by atoms with Crippen molar-refractivity contribution in [2.24, 2.45) is 5.92 Å². The Labute approximate surface area is 136 Å². The van der Waals surface area contributed by atoms with Crippen molar-refractivity contribution >= 4 is 21.7 Å². The Hall–Kier alpha value is -1.89. The molecule has 1 atom stereocenters. The van der Waals surface area contributed by atoms with E-state index in [1.165, 1.54) is 11.0 Å². The normalized spacial score (nSPS) is 18.7. The molecule has 1 N–H and O–H groups in total. The van der Waals surface area contributed by atoms with Gasteiger partial charge in [-0.2, -0.15) is 0 Å². The topological polar surface area (TPSA) is 91.8 Å². The average molecular weight is 339 g/mol. The molecule has 23 heavy (non-hydrogen) atoms. The van der Waals surface area contributed by atoms with Gasteiger partial charge in [0.2, 0.25) is 0 Å². The quantitative estimate of drug-likeness (QED) is 0.899. The van der Waals surface area contributed by atoms with E-state index >= 15 is 0 Å². The minimum absolute atomic E-state index is 0.164. The first-order valence-corrected chi connectivity index (χ1v) is 9.48. The van der Waals surface area contributed by atoms with Gasteiger partial charge in [0, 0.05) is 24.9 Å². The van der Waals surface area contributed by atoms with Crippen LogP contribution < -0.4 is 0 Å². The summed E-state index contributed by atoms with van der Waals surface area (Å²) >= 11 is 0. The molecule has 0 aliphatic carbocycles. The third kappa shape index (κ3) is 3.90. The van der Waals surface area contributed by atoms with Gasteiger partial charge in [0.15, 0.2) is 9.84 Å². The standard InChI is InChI=1S/C16H21NO5S/c1-3-11-6-7-12(9-14(11)23(2,21)22)15(18)17-8-4-5-13(10-17)16(19)20/h6-7,9,13H,3-5,8,10H2,1-2H3,(H,19,20)/t13-/m0/s1. The summed E-state index contributed by atoms with van der Waals surface area (Å²) in [5, 5.41) is 9.11. The van der Waals surface area contributed by atoms with Crippen LogP contribution in [0.2, 0.25) is 0 Å². The van der Waals surface area contributed by atoms with Crippen molar-refractivity contribution in [2.45, 2.75) is 31.1 Å². The molecule has 1 aliphatic rings. The Bertz CT molecular complexity index is 726. The predicted molar refractivity (Wildman–Crippen MR) is 85.2 cm³/mol. The summed E-state index contributed by atoms with van der Waals surface area (Å²) < 4.78 is 23.8. The van der Waals surface area contributed by atoms with E-state index in [0.717, 1.165) is 6.26 Å². The highest BCUT2D eigenvalue weighted by molar-refractivity contribution is 7.90. The number of hydrogen-bond acceptors (Lipinski definition) is 4. The Balaban J connectivity index is 2.31. The van der Waals surface area contributed by atoms with Crippen molar-refractivity contribution < 1.29 is 23.1 Å². The summed E-state index contributed by atoms with van der Waals surface area (Å²) in [6, 6.07) is 4.67. The number of nitrogens with zero attached hydrogens (tertiary/aromatic N) is 1. The number of carboxylic acid groups (broad SMARTS) is 1. The zero-order valence-corrected chi connectivity index (χ0v) is 14.1. The third-order valence-corrected chi connectivity index (χ3v) is 5.33. The maximum atomic E-state index is 12.6. The smallest absolute Gasteiger partial charge is 0.308 e. The highest BCUT2D eigenvalue weighted by Gasteiger charge is 2.29. The van der Waals surface area contributed by atoms with Gasteiger partial charge in [-0.3, -0.25) is 9.59 Å². The second-order valence-corrected chi connectivity index (χ2v) is 7.86. The van der Waals surface area contributed by atoms with Crippen molar-refractivity contribution in [1.29, 1.82) is 0 Å². The molecule has 1 aromatic carbocycles. The van der Waals surface area contributed by atoms with Crippen molar-refractivity contribution in [1.82, 2.24) is 4.90 Å². The largest absolute Gasteiger partial charge is 0.481 e. The van der Waals surface area contributed by atoms with Crippen LogP contribution in [0.15, 0.2) is 23.1 Å². The van der Waals surface area contributed by atoms with Gasteiger partial charge in [0.1, 0.15) is 0 Å². The maximum Gasteiger partial charge on any atom is 0.308 e. The first-order chi connectivity index (χ1) is 10.7. The van der Waals surface area contributed by atoms with Gasteiger partial charge in [-0.05, 0) is 37.0 Å². The number of aryl methyl sites for hydroxylation is 1. The summed E-state index contributed by atoms with van der Waals surface area (Å²) in [6.45, 7) is 2.51. The molecule has 1 amide bonds. The molecule has 1 saturated heterocycles. The summed E-state index contributed by atoms with van der Waals surface area (Å²) in [5.74, 6) is -1.78. The van der Waals surface area contributed by atoms with E-state index in [0.29, 0.717) is 31.4 Å². The lowest BCUT2D eigenvalue weighted by Crippen LogP contribution is -2.42. The molecule has 1 fully saturated rings. The predicted octanol–water partition coefficient (Wildman–Crippen LogP) is 1.59. The van der Waals surface area contributed by atoms with E-state index in [9.17, 15) is 18.0 Å². The molecule has 0 spiro atoms. The van der Waals surface area contributed by atoms with Crippen LogP contribution in [0.3, 0.4) is 0 Å². The van der Waals surface area contributed by atoms with Gasteiger partial charge in [-0.25, -0.2) is 8.42 Å². The molecular weight excluding hydrogens is 318 g/mol. The zero-order chi connectivity index (χ0) is 17.2. The number of carbonyl (C=O) groups excluding carboxylic acids is 1. The van der Waals surface area contributed by atoms with Crippen LogP contribution >= 0.6 is 0 Å². The first-order valence-electron chi connectivity index (χ1n) is 7.59. The maximum absolute atomic E-state index is 12.6. The molecule has 1 aliphatic heterocycles. The minimum atomic E-state index is -3.42. The van der Waals surface area contributed by atoms with E-state index in [2.05, 4.69) is 0 Å². The Kier molecular flexibility index (Phi) is 5.09. The van der Waals surface area contributed by atoms with Crippen LogP contribution in [-0.4, -0.2) is 49.6 Å². The molecule has 6 nitrogen and oxygen atoms in total. The van der Waals surface area contributed by atoms with Crippen LogP contribution in [0.1, 0.15) is 35.7 Å². The van der Waals surface area contributed by atoms with Crippen molar-refractivity contribution in [3.05, 3.63) is 29.3 Å². The summed E-state index contributed by atoms with van der Waals surface area (Å²) in [5.41, 5.74) is 0.958. The molecule has 0 bridgehead atoms. The molecule has 0 saturated carbocycles. The number of piperidine rings is 1. The number of amides is 1. The lowest BCUT2D eigenvalue weighted by molar-refractivity contribution is -0.143. The molecule has 0 radical (unpaired) electrons. The van der Waals surface area contributed by atoms with Gasteiger partial charge in [-0.15, -0.1) is 0 Å². The van der Waals surface area contributed by atoms with Gasteiger partial charge >= 0.3 is 5.97 Å². The van der Waals surface area contributed by atoms with Crippen LogP contribution in [0, 0.1) is 5.92 Å². The number of rotatable bonds is 4. The zero-order valence-electron chi connectivity index (χ0n) is 13.3. The van der Waals surface area contributed by atoms with Crippen molar-refractivity contribution in [2.75, 3.05) is 19.3 Å². The summed E-state index contributed by atoms with van der Waals surface area (Å²) in [7, 11) is -3.42. The summed E-state index contributed by atoms with van der Waals surface area (Å²) in [4.78, 5) is 25.4. The van der Waals surface area contributed by atoms with Crippen LogP contribution in [0.25, 0.3) is 0 Å². The van der Waals surface area contributed by atoms with Gasteiger partial charge in [-0.1, -0.05) is 13.0 Å². The van der Waals surface area contributed by atoms with E-state index < -0.39 is 21.7 Å². The second kappa shape index (κ2) is 6.70. The number of sulfone groups is 1. The Morgan fingerprint density at radius 2 is 2.04 bits per heavy atom. The fraction of sp³-hybridized carbons (Fsp3) is 0.500. The SMILES string of the molecule is CCc1ccc(C(=O)N2CCC[C@H](C(=O)O)C2)cc1S(C)(=O)=O. The lowest BCUT2D eigenvalue weighted by atomic mass is 9.97. The average Bonchev–Trinajstić information content (AvgIpc) is 2.52. The number of carbonyl (C=O) groups is 2. The van der Waals surface area contributed by atoms with Crippen LogP contribution in [-0.2, 0) is 21.1 Å². The number of carboxylic acids is 1. The monoisotopic (exact) mass is 339 g/mol. The van der Waals surface area contributed by atoms with E-state index in [1.54, 1.807) is 12.1 Å². The number of likely N-dealkylation sites (tertiary alicyclic amines) is 1. The highest BCUT2D eigenvalue weighted by atomic mass is 32.2. The molecule has 2 rings (SSSR count). The van der Waals surface area contributed by atoms with Crippen molar-refractivity contribution in [3.8, 4) is 0 Å². The molecule has 1 aromatic rings. The van der Waals surface area contributed by atoms with Crippen LogP contribution in [0.5, 0.6) is 0 Å². The highest BCUT2D eigenvalue weighted by Crippen LogP contribution is 2.22. The molecule has 0 unspecified atom stereocenters. The van der Waals surface area contributed by atoms with E-state index in [1.807, 2.05) is 6.92 Å². The minimum Gasteiger partial charge on any atom is -0.481 e. The van der Waals surface area contributed by atoms with Gasteiger partial charge < -0.3 is 10.0 Å². The first kappa shape index (κ1) is 17.5. The van der Waals surface area contributed by atoms with Crippen molar-refractivity contribution in [3.63, 3.8) is 0 Å². The Morgan fingerprint density at radius 1 is 1.35 bits per heavy atom. The number of aliphatic carboxylic acids is 1. The molecule has 1 heterocycles. The van der Waals surface area contributed by atoms with Gasteiger partial charge in [0.25, 0.3) is 5.91 Å². The number of hydrogen-bond donors (Lipinski definition) is 1. The molecular formula is C16H21NO5S. The molecule has 7 heteroatoms. The van der Waals surface area contributed by atoms with Gasteiger partial charge in [0.05, 0.1) is 10.8 Å². The fourth-order valence-corrected chi connectivity index (χ4v) is 3.90. The summed E-state index contributed by atoms with van der Waals surface area (Å²) in [6.07, 6.45) is 2.87. The third-order valence-electron chi connectivity index (χ3n) is 4.15. The van der Waals surface area contributed by atoms with E-state index in [-0.39, 0.29) is 22.9 Å².